The van der Waals surface area contributed by atoms with Gasteiger partial charge in [-0.15, -0.1) is 13.2 Å². The molecular formula is C18H19F3N2O2. The minimum atomic E-state index is -4.69. The number of hydrogen-bond acceptors (Lipinski definition) is 4. The SMILES string of the molecule is OCC1CN(Cc2cccc(OC(F)(F)F)c2)CC1c1ccncc1. The maximum atomic E-state index is 12.3. The zero-order valence-corrected chi connectivity index (χ0v) is 13.5. The minimum Gasteiger partial charge on any atom is -0.406 e. The molecule has 2 heterocycles. The summed E-state index contributed by atoms with van der Waals surface area (Å²) in [5.74, 6) is 0.0632. The summed E-state index contributed by atoms with van der Waals surface area (Å²) in [5, 5.41) is 9.67. The van der Waals surface area contributed by atoms with Crippen molar-refractivity contribution in [2.45, 2.75) is 18.8 Å². The van der Waals surface area contributed by atoms with Crippen molar-refractivity contribution in [1.82, 2.24) is 9.88 Å². The third kappa shape index (κ3) is 4.70. The quantitative estimate of drug-likeness (QED) is 0.898. The highest BCUT2D eigenvalue weighted by molar-refractivity contribution is 5.29. The minimum absolute atomic E-state index is 0.0702. The largest absolute Gasteiger partial charge is 0.573 e. The van der Waals surface area contributed by atoms with Crippen LogP contribution in [0.3, 0.4) is 0 Å². The highest BCUT2D eigenvalue weighted by atomic mass is 19.4. The molecule has 0 radical (unpaired) electrons. The van der Waals surface area contributed by atoms with E-state index in [1.165, 1.54) is 12.1 Å². The summed E-state index contributed by atoms with van der Waals surface area (Å²) in [6.07, 6.45) is -1.24. The van der Waals surface area contributed by atoms with Crippen LogP contribution in [0.5, 0.6) is 5.75 Å². The van der Waals surface area contributed by atoms with Crippen molar-refractivity contribution in [2.24, 2.45) is 5.92 Å². The number of nitrogens with zero attached hydrogens (tertiary/aromatic N) is 2. The van der Waals surface area contributed by atoms with Crippen LogP contribution in [-0.4, -0.2) is 41.0 Å². The fourth-order valence-corrected chi connectivity index (χ4v) is 3.36. The number of halogens is 3. The van der Waals surface area contributed by atoms with Crippen molar-refractivity contribution in [3.05, 3.63) is 59.9 Å². The molecule has 134 valence electrons. The second-order valence-electron chi connectivity index (χ2n) is 6.22. The van der Waals surface area contributed by atoms with Crippen molar-refractivity contribution in [2.75, 3.05) is 19.7 Å². The molecule has 4 nitrogen and oxygen atoms in total. The predicted molar refractivity (Wildman–Crippen MR) is 86.0 cm³/mol. The van der Waals surface area contributed by atoms with Gasteiger partial charge in [0.1, 0.15) is 5.75 Å². The summed E-state index contributed by atoms with van der Waals surface area (Å²) < 4.78 is 41.0. The molecule has 7 heteroatoms. The lowest BCUT2D eigenvalue weighted by Gasteiger charge is -2.17. The van der Waals surface area contributed by atoms with Gasteiger partial charge in [0.25, 0.3) is 0 Å². The lowest BCUT2D eigenvalue weighted by atomic mass is 9.90. The molecule has 3 rings (SSSR count). The van der Waals surface area contributed by atoms with E-state index < -0.39 is 6.36 Å². The summed E-state index contributed by atoms with van der Waals surface area (Å²) in [5.41, 5.74) is 1.86. The number of aliphatic hydroxyl groups is 1. The Balaban J connectivity index is 1.69. The van der Waals surface area contributed by atoms with Gasteiger partial charge in [-0.05, 0) is 35.4 Å². The maximum absolute atomic E-state index is 12.3. The Morgan fingerprint density at radius 2 is 1.92 bits per heavy atom. The van der Waals surface area contributed by atoms with Gasteiger partial charge in [0.2, 0.25) is 0 Å². The molecule has 25 heavy (non-hydrogen) atoms. The molecular weight excluding hydrogens is 333 g/mol. The molecule has 1 fully saturated rings. The van der Waals surface area contributed by atoms with Crippen LogP contribution in [0.15, 0.2) is 48.8 Å². The number of hydrogen-bond donors (Lipinski definition) is 1. The normalized spacial score (nSPS) is 21.4. The molecule has 1 saturated heterocycles. The molecule has 1 aliphatic rings. The predicted octanol–water partition coefficient (Wildman–Crippen LogP) is 3.19. The Kier molecular flexibility index (Phi) is 5.24. The van der Waals surface area contributed by atoms with E-state index in [1.807, 2.05) is 12.1 Å². The van der Waals surface area contributed by atoms with Crippen molar-refractivity contribution in [3.8, 4) is 5.75 Å². The van der Waals surface area contributed by atoms with Crippen LogP contribution in [0, 0.1) is 5.92 Å². The van der Waals surface area contributed by atoms with E-state index in [2.05, 4.69) is 14.6 Å². The lowest BCUT2D eigenvalue weighted by molar-refractivity contribution is -0.274. The van der Waals surface area contributed by atoms with Crippen LogP contribution in [0.25, 0.3) is 0 Å². The Hall–Kier alpha value is -2.12. The lowest BCUT2D eigenvalue weighted by Crippen LogP contribution is -2.21. The summed E-state index contributed by atoms with van der Waals surface area (Å²) in [6, 6.07) is 9.90. The first kappa shape index (κ1) is 17.7. The Morgan fingerprint density at radius 3 is 2.60 bits per heavy atom. The van der Waals surface area contributed by atoms with E-state index in [0.29, 0.717) is 13.1 Å². The van der Waals surface area contributed by atoms with Crippen molar-refractivity contribution < 1.29 is 23.0 Å². The standard InChI is InChI=1S/C18H19F3N2O2/c19-18(20,21)25-16-3-1-2-13(8-16)9-23-10-15(12-24)17(11-23)14-4-6-22-7-5-14/h1-8,15,17,24H,9-12H2. The fourth-order valence-electron chi connectivity index (χ4n) is 3.36. The molecule has 0 bridgehead atoms. The number of pyridine rings is 1. The Morgan fingerprint density at radius 1 is 1.16 bits per heavy atom. The smallest absolute Gasteiger partial charge is 0.406 e. The van der Waals surface area contributed by atoms with Crippen molar-refractivity contribution in [3.63, 3.8) is 0 Å². The summed E-state index contributed by atoms with van der Waals surface area (Å²) in [7, 11) is 0. The number of aliphatic hydroxyl groups excluding tert-OH is 1. The van der Waals surface area contributed by atoms with Gasteiger partial charge in [-0.2, -0.15) is 0 Å². The van der Waals surface area contributed by atoms with E-state index in [0.717, 1.165) is 17.7 Å². The van der Waals surface area contributed by atoms with E-state index in [-0.39, 0.29) is 24.2 Å². The van der Waals surface area contributed by atoms with E-state index in [4.69, 9.17) is 0 Å². The first-order valence-electron chi connectivity index (χ1n) is 8.02. The van der Waals surface area contributed by atoms with Crippen molar-refractivity contribution in [1.29, 1.82) is 0 Å². The van der Waals surface area contributed by atoms with Gasteiger partial charge in [0, 0.05) is 50.5 Å². The molecule has 2 aromatic rings. The first-order valence-corrected chi connectivity index (χ1v) is 8.02. The summed E-state index contributed by atoms with van der Waals surface area (Å²) in [6.45, 7) is 2.00. The highest BCUT2D eigenvalue weighted by Crippen LogP contribution is 2.33. The van der Waals surface area contributed by atoms with Gasteiger partial charge in [-0.25, -0.2) is 0 Å². The first-order chi connectivity index (χ1) is 11.9. The maximum Gasteiger partial charge on any atom is 0.573 e. The number of aromatic nitrogens is 1. The molecule has 1 N–H and O–H groups in total. The second kappa shape index (κ2) is 7.41. The average molecular weight is 352 g/mol. The summed E-state index contributed by atoms with van der Waals surface area (Å²) in [4.78, 5) is 6.15. The molecule has 2 atom stereocenters. The van der Waals surface area contributed by atoms with Crippen LogP contribution >= 0.6 is 0 Å². The third-order valence-corrected chi connectivity index (χ3v) is 4.42. The van der Waals surface area contributed by atoms with Gasteiger partial charge in [0.05, 0.1) is 0 Å². The third-order valence-electron chi connectivity index (χ3n) is 4.42. The van der Waals surface area contributed by atoms with E-state index in [1.54, 1.807) is 24.5 Å². The Labute approximate surface area is 143 Å². The highest BCUT2D eigenvalue weighted by Gasteiger charge is 2.34. The molecule has 0 aliphatic carbocycles. The average Bonchev–Trinajstić information content (AvgIpc) is 2.97. The monoisotopic (exact) mass is 352 g/mol. The number of rotatable bonds is 5. The Bertz CT molecular complexity index is 694. The molecule has 1 aromatic heterocycles. The van der Waals surface area contributed by atoms with E-state index in [9.17, 15) is 18.3 Å². The van der Waals surface area contributed by atoms with Crippen LogP contribution < -0.4 is 4.74 Å². The van der Waals surface area contributed by atoms with E-state index >= 15 is 0 Å². The van der Waals surface area contributed by atoms with Gasteiger partial charge in [0.15, 0.2) is 0 Å². The molecule has 2 unspecified atom stereocenters. The van der Waals surface area contributed by atoms with Crippen LogP contribution in [-0.2, 0) is 6.54 Å². The number of likely N-dealkylation sites (tertiary alicyclic amines) is 1. The van der Waals surface area contributed by atoms with Gasteiger partial charge in [-0.3, -0.25) is 9.88 Å². The number of ether oxygens (including phenoxy) is 1. The zero-order chi connectivity index (χ0) is 17.9. The number of benzene rings is 1. The van der Waals surface area contributed by atoms with Gasteiger partial charge >= 0.3 is 6.36 Å². The molecule has 1 aromatic carbocycles. The topological polar surface area (TPSA) is 45.6 Å². The fraction of sp³-hybridized carbons (Fsp3) is 0.389. The molecule has 1 aliphatic heterocycles. The van der Waals surface area contributed by atoms with Crippen LogP contribution in [0.2, 0.25) is 0 Å². The summed E-state index contributed by atoms with van der Waals surface area (Å²) >= 11 is 0. The van der Waals surface area contributed by atoms with Gasteiger partial charge in [-0.1, -0.05) is 12.1 Å². The van der Waals surface area contributed by atoms with Crippen LogP contribution in [0.4, 0.5) is 13.2 Å². The molecule has 0 amide bonds. The zero-order valence-electron chi connectivity index (χ0n) is 13.5. The number of alkyl halides is 3. The van der Waals surface area contributed by atoms with Crippen LogP contribution in [0.1, 0.15) is 17.0 Å². The second-order valence-corrected chi connectivity index (χ2v) is 6.22. The molecule has 0 spiro atoms. The molecule has 0 saturated carbocycles. The van der Waals surface area contributed by atoms with Gasteiger partial charge < -0.3 is 9.84 Å². The van der Waals surface area contributed by atoms with Crippen molar-refractivity contribution >= 4 is 0 Å².